The Morgan fingerprint density at radius 2 is 2.07 bits per heavy atom. The van der Waals surface area contributed by atoms with Gasteiger partial charge in [-0.1, -0.05) is 12.1 Å². The lowest BCUT2D eigenvalue weighted by molar-refractivity contribution is 0.102. The highest BCUT2D eigenvalue weighted by molar-refractivity contribution is 6.03. The number of aromatic nitrogens is 2. The van der Waals surface area contributed by atoms with Crippen molar-refractivity contribution < 1.29 is 18.7 Å². The van der Waals surface area contributed by atoms with E-state index in [-0.39, 0.29) is 18.0 Å². The van der Waals surface area contributed by atoms with Crippen molar-refractivity contribution in [3.8, 4) is 0 Å². The number of carbonyl (C=O) groups excluding carboxylic acids is 1. The monoisotopic (exact) mass is 382 g/mol. The highest BCUT2D eigenvalue weighted by Gasteiger charge is 2.19. The Labute approximate surface area is 159 Å². The summed E-state index contributed by atoms with van der Waals surface area (Å²) in [5.41, 5.74) is 1.53. The zero-order chi connectivity index (χ0) is 19.7. The van der Waals surface area contributed by atoms with Crippen LogP contribution in [-0.2, 0) is 13.3 Å². The summed E-state index contributed by atoms with van der Waals surface area (Å²) in [6.45, 7) is 0.359. The van der Waals surface area contributed by atoms with Gasteiger partial charge in [0.05, 0.1) is 12.3 Å². The average Bonchev–Trinajstić information content (AvgIpc) is 3.14. The number of anilines is 2. The molecule has 1 aliphatic rings. The van der Waals surface area contributed by atoms with E-state index < -0.39 is 17.5 Å². The lowest BCUT2D eigenvalue weighted by Gasteiger charge is -2.25. The first kappa shape index (κ1) is 17.9. The maximum atomic E-state index is 13.7. The predicted molar refractivity (Wildman–Crippen MR) is 100 cm³/mol. The van der Waals surface area contributed by atoms with Gasteiger partial charge in [-0.2, -0.15) is 0 Å². The maximum absolute atomic E-state index is 13.7. The van der Waals surface area contributed by atoms with Crippen molar-refractivity contribution >= 4 is 23.4 Å². The topological polar surface area (TPSA) is 70.4 Å². The SMILES string of the molecule is O=C(Nc1cc(F)ccc1F)c1cn2c(n1)C=CN(c1cccc(CO)c1)C2. The van der Waals surface area contributed by atoms with Gasteiger partial charge in [0, 0.05) is 24.2 Å². The summed E-state index contributed by atoms with van der Waals surface area (Å²) in [4.78, 5) is 18.6. The number of nitrogens with one attached hydrogen (secondary N) is 1. The van der Waals surface area contributed by atoms with E-state index in [1.165, 1.54) is 0 Å². The quantitative estimate of drug-likeness (QED) is 0.726. The minimum Gasteiger partial charge on any atom is -0.392 e. The van der Waals surface area contributed by atoms with Crippen LogP contribution < -0.4 is 10.2 Å². The second kappa shape index (κ2) is 7.24. The molecule has 2 heterocycles. The standard InChI is InChI=1S/C20H16F2N4O2/c21-14-4-5-16(22)17(9-14)24-20(28)18-10-26-12-25(7-6-19(26)23-18)15-3-1-2-13(8-15)11-27/h1-10,27H,11-12H2,(H,24,28). The molecule has 8 heteroatoms. The fourth-order valence-corrected chi connectivity index (χ4v) is 2.93. The molecular formula is C20H16F2N4O2. The molecule has 142 valence electrons. The fraction of sp³-hybridized carbons (Fsp3) is 0.100. The number of benzene rings is 2. The van der Waals surface area contributed by atoms with E-state index >= 15 is 0 Å². The Bertz CT molecular complexity index is 1080. The van der Waals surface area contributed by atoms with Crippen molar-refractivity contribution in [1.29, 1.82) is 0 Å². The summed E-state index contributed by atoms with van der Waals surface area (Å²) >= 11 is 0. The Hall–Kier alpha value is -3.52. The number of imidazole rings is 1. The van der Waals surface area contributed by atoms with Crippen LogP contribution in [0.1, 0.15) is 21.9 Å². The molecule has 2 N–H and O–H groups in total. The van der Waals surface area contributed by atoms with Crippen molar-refractivity contribution in [1.82, 2.24) is 9.55 Å². The van der Waals surface area contributed by atoms with Crippen LogP contribution in [0.15, 0.2) is 54.9 Å². The number of hydrogen-bond acceptors (Lipinski definition) is 4. The van der Waals surface area contributed by atoms with Crippen molar-refractivity contribution in [2.75, 3.05) is 10.2 Å². The first-order chi connectivity index (χ1) is 13.5. The van der Waals surface area contributed by atoms with Gasteiger partial charge in [0.15, 0.2) is 0 Å². The van der Waals surface area contributed by atoms with Gasteiger partial charge in [0.25, 0.3) is 5.91 Å². The summed E-state index contributed by atoms with van der Waals surface area (Å²) in [7, 11) is 0. The van der Waals surface area contributed by atoms with Gasteiger partial charge in [-0.15, -0.1) is 0 Å². The van der Waals surface area contributed by atoms with Gasteiger partial charge in [-0.05, 0) is 35.9 Å². The van der Waals surface area contributed by atoms with Crippen LogP contribution in [0, 0.1) is 11.6 Å². The number of aliphatic hydroxyl groups is 1. The van der Waals surface area contributed by atoms with E-state index in [9.17, 15) is 18.7 Å². The van der Waals surface area contributed by atoms with Gasteiger partial charge in [0.1, 0.15) is 29.8 Å². The normalized spacial score (nSPS) is 12.8. The molecule has 0 unspecified atom stereocenters. The molecule has 6 nitrogen and oxygen atoms in total. The molecule has 0 aliphatic carbocycles. The number of halogens is 2. The molecule has 0 radical (unpaired) electrons. The third-order valence-electron chi connectivity index (χ3n) is 4.35. The highest BCUT2D eigenvalue weighted by Crippen LogP contribution is 2.23. The largest absolute Gasteiger partial charge is 0.392 e. The second-order valence-electron chi connectivity index (χ2n) is 6.29. The minimum absolute atomic E-state index is 0.0529. The van der Waals surface area contributed by atoms with E-state index in [4.69, 9.17) is 0 Å². The van der Waals surface area contributed by atoms with Crippen LogP contribution in [-0.4, -0.2) is 20.6 Å². The molecular weight excluding hydrogens is 366 g/mol. The summed E-state index contributed by atoms with van der Waals surface area (Å²) in [6.07, 6.45) is 5.12. The fourth-order valence-electron chi connectivity index (χ4n) is 2.93. The Morgan fingerprint density at radius 1 is 1.21 bits per heavy atom. The number of carbonyl (C=O) groups is 1. The van der Waals surface area contributed by atoms with E-state index in [1.54, 1.807) is 16.8 Å². The molecule has 0 saturated heterocycles. The van der Waals surface area contributed by atoms with E-state index in [0.717, 1.165) is 29.4 Å². The van der Waals surface area contributed by atoms with Gasteiger partial charge < -0.3 is 19.9 Å². The van der Waals surface area contributed by atoms with Crippen LogP contribution in [0.25, 0.3) is 6.08 Å². The summed E-state index contributed by atoms with van der Waals surface area (Å²) in [5.74, 6) is -1.44. The number of hydrogen-bond donors (Lipinski definition) is 2. The van der Waals surface area contributed by atoms with Gasteiger partial charge in [-0.25, -0.2) is 13.8 Å². The van der Waals surface area contributed by atoms with Gasteiger partial charge >= 0.3 is 0 Å². The van der Waals surface area contributed by atoms with Gasteiger partial charge in [-0.3, -0.25) is 4.79 Å². The third kappa shape index (κ3) is 3.49. The third-order valence-corrected chi connectivity index (χ3v) is 4.35. The number of aliphatic hydroxyl groups excluding tert-OH is 1. The van der Waals surface area contributed by atoms with Crippen molar-refractivity contribution in [2.45, 2.75) is 13.3 Å². The molecule has 0 spiro atoms. The molecule has 3 aromatic rings. The lowest BCUT2D eigenvalue weighted by atomic mass is 10.2. The van der Waals surface area contributed by atoms with Crippen molar-refractivity contribution in [3.05, 3.63) is 83.6 Å². The number of amides is 1. The Morgan fingerprint density at radius 3 is 2.89 bits per heavy atom. The highest BCUT2D eigenvalue weighted by atomic mass is 19.1. The predicted octanol–water partition coefficient (Wildman–Crippen LogP) is 3.35. The molecule has 1 aliphatic heterocycles. The van der Waals surface area contributed by atoms with Crippen LogP contribution in [0.3, 0.4) is 0 Å². The second-order valence-corrected chi connectivity index (χ2v) is 6.29. The average molecular weight is 382 g/mol. The Kier molecular flexibility index (Phi) is 4.62. The first-order valence-corrected chi connectivity index (χ1v) is 8.52. The number of rotatable bonds is 4. The van der Waals surface area contributed by atoms with Crippen LogP contribution >= 0.6 is 0 Å². The van der Waals surface area contributed by atoms with Gasteiger partial charge in [0.2, 0.25) is 0 Å². The number of fused-ring (bicyclic) bond motifs is 1. The summed E-state index contributed by atoms with van der Waals surface area (Å²) in [5, 5.41) is 11.6. The molecule has 1 aromatic heterocycles. The van der Waals surface area contributed by atoms with E-state index in [2.05, 4.69) is 10.3 Å². The maximum Gasteiger partial charge on any atom is 0.275 e. The van der Waals surface area contributed by atoms with E-state index in [0.29, 0.717) is 12.5 Å². The summed E-state index contributed by atoms with van der Waals surface area (Å²) < 4.78 is 28.8. The first-order valence-electron chi connectivity index (χ1n) is 8.52. The molecule has 28 heavy (non-hydrogen) atoms. The van der Waals surface area contributed by atoms with E-state index in [1.807, 2.05) is 35.4 Å². The van der Waals surface area contributed by atoms with Crippen molar-refractivity contribution in [3.63, 3.8) is 0 Å². The lowest BCUT2D eigenvalue weighted by Crippen LogP contribution is -2.23. The molecule has 1 amide bonds. The molecule has 0 saturated carbocycles. The molecule has 0 bridgehead atoms. The Balaban J connectivity index is 1.53. The zero-order valence-corrected chi connectivity index (χ0v) is 14.6. The molecule has 2 aromatic carbocycles. The van der Waals surface area contributed by atoms with Crippen molar-refractivity contribution in [2.24, 2.45) is 0 Å². The molecule has 4 rings (SSSR count). The summed E-state index contributed by atoms with van der Waals surface area (Å²) in [6, 6.07) is 10.3. The van der Waals surface area contributed by atoms with Crippen LogP contribution in [0.5, 0.6) is 0 Å². The zero-order valence-electron chi connectivity index (χ0n) is 14.6. The number of nitrogens with zero attached hydrogens (tertiary/aromatic N) is 3. The molecule has 0 atom stereocenters. The van der Waals surface area contributed by atoms with Crippen LogP contribution in [0.4, 0.5) is 20.2 Å². The minimum atomic E-state index is -0.728. The molecule has 0 fully saturated rings. The van der Waals surface area contributed by atoms with Crippen LogP contribution in [0.2, 0.25) is 0 Å². The smallest absolute Gasteiger partial charge is 0.275 e.